The first-order valence-corrected chi connectivity index (χ1v) is 4.71. The summed E-state index contributed by atoms with van der Waals surface area (Å²) in [6.45, 7) is 10.4. The zero-order valence-electron chi connectivity index (χ0n) is 9.29. The molecule has 3 heteroatoms. The zero-order chi connectivity index (χ0) is 11.3. The fourth-order valence-corrected chi connectivity index (χ4v) is 1.11. The Morgan fingerprint density at radius 2 is 1.79 bits per heavy atom. The van der Waals surface area contributed by atoms with E-state index >= 15 is 0 Å². The minimum absolute atomic E-state index is 0.186. The van der Waals surface area contributed by atoms with E-state index in [4.69, 9.17) is 4.74 Å². The summed E-state index contributed by atoms with van der Waals surface area (Å²) in [6.07, 6.45) is -0.115. The predicted octanol–water partition coefficient (Wildman–Crippen LogP) is 2.11. The molecule has 0 aliphatic heterocycles. The summed E-state index contributed by atoms with van der Waals surface area (Å²) >= 11 is 0. The summed E-state index contributed by atoms with van der Waals surface area (Å²) in [6, 6.07) is 0. The van der Waals surface area contributed by atoms with Gasteiger partial charge in [0.1, 0.15) is 0 Å². The number of ketones is 1. The van der Waals surface area contributed by atoms with Crippen molar-refractivity contribution < 1.29 is 14.3 Å². The van der Waals surface area contributed by atoms with Gasteiger partial charge in [-0.15, -0.1) is 0 Å². The lowest BCUT2D eigenvalue weighted by Crippen LogP contribution is -2.28. The van der Waals surface area contributed by atoms with Crippen LogP contribution in [0.25, 0.3) is 0 Å². The Balaban J connectivity index is 4.46. The van der Waals surface area contributed by atoms with Gasteiger partial charge in [0.2, 0.25) is 0 Å². The highest BCUT2D eigenvalue weighted by Crippen LogP contribution is 2.12. The fraction of sp³-hybridized carbons (Fsp3) is 0.636. The third-order valence-corrected chi connectivity index (χ3v) is 1.71. The van der Waals surface area contributed by atoms with Crippen LogP contribution >= 0.6 is 0 Å². The number of hydrogen-bond donors (Lipinski definition) is 0. The van der Waals surface area contributed by atoms with Gasteiger partial charge in [0.25, 0.3) is 0 Å². The van der Waals surface area contributed by atoms with Crippen LogP contribution in [-0.2, 0) is 14.3 Å². The van der Waals surface area contributed by atoms with Crippen LogP contribution in [0.1, 0.15) is 34.1 Å². The number of carbonyl (C=O) groups excluding carboxylic acids is 2. The van der Waals surface area contributed by atoms with Crippen LogP contribution in [0.5, 0.6) is 0 Å². The average Bonchev–Trinajstić information content (AvgIpc) is 1.99. The van der Waals surface area contributed by atoms with Gasteiger partial charge in [0.15, 0.2) is 11.9 Å². The van der Waals surface area contributed by atoms with Crippen LogP contribution in [0.15, 0.2) is 12.2 Å². The van der Waals surface area contributed by atoms with Gasteiger partial charge in [-0.3, -0.25) is 9.59 Å². The van der Waals surface area contributed by atoms with Gasteiger partial charge in [0.05, 0.1) is 0 Å². The summed E-state index contributed by atoms with van der Waals surface area (Å²) in [5, 5.41) is 0. The lowest BCUT2D eigenvalue weighted by molar-refractivity contribution is -0.152. The number of Topliss-reactive ketones (excluding diaryl/α,β-unsaturated/α-hetero) is 1. The van der Waals surface area contributed by atoms with E-state index in [9.17, 15) is 9.59 Å². The summed E-state index contributed by atoms with van der Waals surface area (Å²) in [7, 11) is 0. The van der Waals surface area contributed by atoms with Crippen molar-refractivity contribution in [3.05, 3.63) is 12.2 Å². The molecule has 0 fully saturated rings. The van der Waals surface area contributed by atoms with E-state index < -0.39 is 12.1 Å². The number of ether oxygens (including phenoxy) is 1. The van der Waals surface area contributed by atoms with E-state index in [-0.39, 0.29) is 5.78 Å². The zero-order valence-corrected chi connectivity index (χ0v) is 9.29. The SMILES string of the molecule is C=C(C)C(=O)C(CC(C)C)OC(C)=O. The van der Waals surface area contributed by atoms with Crippen LogP contribution in [-0.4, -0.2) is 17.9 Å². The minimum atomic E-state index is -0.662. The van der Waals surface area contributed by atoms with Crippen molar-refractivity contribution in [1.29, 1.82) is 0 Å². The maximum Gasteiger partial charge on any atom is 0.303 e. The second-order valence-corrected chi connectivity index (χ2v) is 3.87. The van der Waals surface area contributed by atoms with Crippen LogP contribution in [0, 0.1) is 5.92 Å². The molecule has 0 rings (SSSR count). The molecule has 0 saturated heterocycles. The highest BCUT2D eigenvalue weighted by molar-refractivity contribution is 5.98. The molecular weight excluding hydrogens is 180 g/mol. The van der Waals surface area contributed by atoms with Crippen molar-refractivity contribution in [3.8, 4) is 0 Å². The summed E-state index contributed by atoms with van der Waals surface area (Å²) in [4.78, 5) is 22.3. The molecule has 14 heavy (non-hydrogen) atoms. The molecule has 0 bridgehead atoms. The molecule has 0 saturated carbocycles. The van der Waals surface area contributed by atoms with E-state index in [2.05, 4.69) is 6.58 Å². The van der Waals surface area contributed by atoms with E-state index in [1.807, 2.05) is 13.8 Å². The molecule has 0 aromatic heterocycles. The largest absolute Gasteiger partial charge is 0.454 e. The Bertz CT molecular complexity index is 241. The Morgan fingerprint density at radius 1 is 1.29 bits per heavy atom. The number of carbonyl (C=O) groups is 2. The second-order valence-electron chi connectivity index (χ2n) is 3.87. The highest BCUT2D eigenvalue weighted by Gasteiger charge is 2.22. The Kier molecular flexibility index (Phi) is 5.13. The molecular formula is C11H18O3. The molecule has 0 radical (unpaired) electrons. The molecule has 0 aromatic carbocycles. The first-order chi connectivity index (χ1) is 6.34. The molecule has 0 aliphatic rings. The lowest BCUT2D eigenvalue weighted by Gasteiger charge is -2.17. The van der Waals surface area contributed by atoms with Crippen molar-refractivity contribution in [3.63, 3.8) is 0 Å². The predicted molar refractivity (Wildman–Crippen MR) is 54.8 cm³/mol. The van der Waals surface area contributed by atoms with Crippen molar-refractivity contribution in [1.82, 2.24) is 0 Å². The molecule has 0 aromatic rings. The first-order valence-electron chi connectivity index (χ1n) is 4.71. The molecule has 0 N–H and O–H groups in total. The Morgan fingerprint density at radius 3 is 2.07 bits per heavy atom. The van der Waals surface area contributed by atoms with E-state index in [0.717, 1.165) is 0 Å². The number of rotatable bonds is 5. The van der Waals surface area contributed by atoms with Gasteiger partial charge >= 0.3 is 5.97 Å². The molecule has 0 spiro atoms. The summed E-state index contributed by atoms with van der Waals surface area (Å²) in [5.74, 6) is -0.304. The van der Waals surface area contributed by atoms with Crippen LogP contribution in [0.4, 0.5) is 0 Å². The van der Waals surface area contributed by atoms with Gasteiger partial charge in [-0.25, -0.2) is 0 Å². The molecule has 0 aliphatic carbocycles. The van der Waals surface area contributed by atoms with Gasteiger partial charge < -0.3 is 4.74 Å². The quantitative estimate of drug-likeness (QED) is 0.502. The molecule has 0 amide bonds. The Hall–Kier alpha value is -1.12. The van der Waals surface area contributed by atoms with Gasteiger partial charge in [-0.2, -0.15) is 0 Å². The monoisotopic (exact) mass is 198 g/mol. The highest BCUT2D eigenvalue weighted by atomic mass is 16.5. The molecule has 80 valence electrons. The molecule has 3 nitrogen and oxygen atoms in total. The van der Waals surface area contributed by atoms with Gasteiger partial charge in [-0.05, 0) is 24.8 Å². The van der Waals surface area contributed by atoms with E-state index in [1.54, 1.807) is 6.92 Å². The lowest BCUT2D eigenvalue weighted by atomic mass is 9.99. The number of hydrogen-bond acceptors (Lipinski definition) is 3. The van der Waals surface area contributed by atoms with Crippen LogP contribution < -0.4 is 0 Å². The summed E-state index contributed by atoms with van der Waals surface area (Å²) in [5.41, 5.74) is 0.428. The van der Waals surface area contributed by atoms with Crippen molar-refractivity contribution in [2.45, 2.75) is 40.2 Å². The summed E-state index contributed by atoms with van der Waals surface area (Å²) < 4.78 is 4.93. The molecule has 0 heterocycles. The van der Waals surface area contributed by atoms with Crippen LogP contribution in [0.2, 0.25) is 0 Å². The second kappa shape index (κ2) is 5.58. The third-order valence-electron chi connectivity index (χ3n) is 1.71. The van der Waals surface area contributed by atoms with Gasteiger partial charge in [0, 0.05) is 6.92 Å². The third kappa shape index (κ3) is 4.80. The minimum Gasteiger partial charge on any atom is -0.454 e. The van der Waals surface area contributed by atoms with Crippen LogP contribution in [0.3, 0.4) is 0 Å². The number of esters is 1. The van der Waals surface area contributed by atoms with Crippen molar-refractivity contribution in [2.24, 2.45) is 5.92 Å². The first kappa shape index (κ1) is 12.9. The van der Waals surface area contributed by atoms with Gasteiger partial charge in [-0.1, -0.05) is 20.4 Å². The normalized spacial score (nSPS) is 12.4. The average molecular weight is 198 g/mol. The topological polar surface area (TPSA) is 43.4 Å². The van der Waals surface area contributed by atoms with Crippen molar-refractivity contribution >= 4 is 11.8 Å². The maximum atomic E-state index is 11.5. The van der Waals surface area contributed by atoms with E-state index in [1.165, 1.54) is 6.92 Å². The Labute approximate surface area is 85.1 Å². The fourth-order valence-electron chi connectivity index (χ4n) is 1.11. The maximum absolute atomic E-state index is 11.5. The smallest absolute Gasteiger partial charge is 0.303 e. The van der Waals surface area contributed by atoms with E-state index in [0.29, 0.717) is 17.9 Å². The molecule has 1 unspecified atom stereocenters. The standard InChI is InChI=1S/C11H18O3/c1-7(2)6-10(14-9(5)12)11(13)8(3)4/h7,10H,3,6H2,1-2,4-5H3. The molecule has 1 atom stereocenters. The van der Waals surface area contributed by atoms with Crippen molar-refractivity contribution in [2.75, 3.05) is 0 Å².